The van der Waals surface area contributed by atoms with Gasteiger partial charge in [-0.05, 0) is 95.3 Å². The molecule has 0 bridgehead atoms. The molecule has 9 rings (SSSR count). The number of rotatable bonds is 9. The van der Waals surface area contributed by atoms with Gasteiger partial charge in [0.05, 0.1) is 22.2 Å². The first-order valence-corrected chi connectivity index (χ1v) is 29.0. The molecule has 2 unspecified atom stereocenters. The van der Waals surface area contributed by atoms with E-state index in [0.29, 0.717) is 5.92 Å². The van der Waals surface area contributed by atoms with Gasteiger partial charge in [-0.15, -0.1) is 0 Å². The fraction of sp³-hybridized carbons (Fsp3) is 0.273. The number of ether oxygens (including phenoxy) is 1. The molecule has 4 nitrogen and oxygen atoms in total. The lowest BCUT2D eigenvalue weighted by Gasteiger charge is -2.37. The minimum atomic E-state index is -1.51. The normalized spacial score (nSPS) is 16.2. The maximum Gasteiger partial charge on any atom is 0.150 e. The van der Waals surface area contributed by atoms with Gasteiger partial charge in [0.1, 0.15) is 22.9 Å². The van der Waals surface area contributed by atoms with Crippen molar-refractivity contribution in [2.24, 2.45) is 0 Å². The summed E-state index contributed by atoms with van der Waals surface area (Å²) in [6.07, 6.45) is 2.06. The van der Waals surface area contributed by atoms with Gasteiger partial charge in [-0.2, -0.15) is 0 Å². The summed E-state index contributed by atoms with van der Waals surface area (Å²) < 4.78 is 14.2. The SMILES string of the molecule is CC(C)c1ccc(N(c2ccc([Si](C)(C)C)cc2)C2C=c3oc4cc(N(c5ccc(C(C)(C)C)cc5)c5ccc([Si](C)(C)C)cc5)ccc4c3=C3c4ccccc4OC32)cc1. The molecule has 0 spiro atoms. The third kappa shape index (κ3) is 7.59. The minimum Gasteiger partial charge on any atom is -0.483 e. The van der Waals surface area contributed by atoms with Crippen molar-refractivity contribution in [1.82, 2.24) is 0 Å². The summed E-state index contributed by atoms with van der Waals surface area (Å²) in [6, 6.07) is 51.7. The Morgan fingerprint density at radius 2 is 1.11 bits per heavy atom. The number of anilines is 5. The van der Waals surface area contributed by atoms with Crippen LogP contribution in [-0.2, 0) is 5.41 Å². The van der Waals surface area contributed by atoms with Crippen molar-refractivity contribution in [2.75, 3.05) is 9.80 Å². The van der Waals surface area contributed by atoms with Crippen molar-refractivity contribution in [3.05, 3.63) is 167 Å². The highest BCUT2D eigenvalue weighted by atomic mass is 28.3. The van der Waals surface area contributed by atoms with E-state index in [1.165, 1.54) is 27.1 Å². The molecule has 6 heteroatoms. The van der Waals surface area contributed by atoms with Gasteiger partial charge in [-0.1, -0.05) is 151 Å². The van der Waals surface area contributed by atoms with Crippen LogP contribution >= 0.6 is 0 Å². The van der Waals surface area contributed by atoms with E-state index in [-0.39, 0.29) is 17.6 Å². The average molecular weight is 837 g/mol. The molecular weight excluding hydrogens is 777 g/mol. The first kappa shape index (κ1) is 40.8. The summed E-state index contributed by atoms with van der Waals surface area (Å²) in [6.45, 7) is 25.7. The number of nitrogens with zero attached hydrogens (tertiary/aromatic N) is 2. The summed E-state index contributed by atoms with van der Waals surface area (Å²) >= 11 is 0. The van der Waals surface area contributed by atoms with Crippen LogP contribution in [-0.4, -0.2) is 28.3 Å². The quantitative estimate of drug-likeness (QED) is 0.135. The van der Waals surface area contributed by atoms with Crippen LogP contribution in [0.2, 0.25) is 39.3 Å². The zero-order valence-corrected chi connectivity index (χ0v) is 39.8. The van der Waals surface area contributed by atoms with Gasteiger partial charge < -0.3 is 19.0 Å². The van der Waals surface area contributed by atoms with E-state index in [0.717, 1.165) is 61.4 Å². The highest BCUT2D eigenvalue weighted by Crippen LogP contribution is 2.43. The maximum absolute atomic E-state index is 7.10. The van der Waals surface area contributed by atoms with Crippen LogP contribution in [0.15, 0.2) is 144 Å². The van der Waals surface area contributed by atoms with Gasteiger partial charge in [0.15, 0.2) is 0 Å². The number of hydrogen-bond acceptors (Lipinski definition) is 4. The van der Waals surface area contributed by atoms with Crippen LogP contribution in [0, 0.1) is 0 Å². The molecule has 6 aromatic carbocycles. The Bertz CT molecular complexity index is 2800. The van der Waals surface area contributed by atoms with Crippen LogP contribution < -0.4 is 35.5 Å². The number of furan rings is 1. The van der Waals surface area contributed by atoms with Crippen LogP contribution in [0.1, 0.15) is 57.2 Å². The van der Waals surface area contributed by atoms with Gasteiger partial charge in [0.2, 0.25) is 0 Å². The molecule has 2 atom stereocenters. The second kappa shape index (κ2) is 15.1. The van der Waals surface area contributed by atoms with Crippen LogP contribution in [0.25, 0.3) is 22.6 Å². The summed E-state index contributed by atoms with van der Waals surface area (Å²) in [5.41, 5.74) is 12.3. The fourth-order valence-electron chi connectivity index (χ4n) is 9.05. The molecule has 7 aromatic rings. The Kier molecular flexibility index (Phi) is 10.1. The summed E-state index contributed by atoms with van der Waals surface area (Å²) in [4.78, 5) is 4.83. The molecule has 2 aliphatic rings. The lowest BCUT2D eigenvalue weighted by molar-refractivity contribution is 0.262. The lowest BCUT2D eigenvalue weighted by Crippen LogP contribution is -2.49. The standard InChI is InChI=1S/C55H60N2O2Si2/c1-36(2)37-16-20-41(21-17-37)57(42-26-31-45(32-27-42)61(9,10)11)48-35-51-52(53-46-14-12-13-15-49(46)59-54(48)53)47-33-28-43(34-50(47)58-51)56(39-22-18-38(19-23-39)55(3,4)5)40-24-29-44(30-25-40)60(6,7)8/h12-36,48,54H,1-11H3. The topological polar surface area (TPSA) is 28.9 Å². The minimum absolute atomic E-state index is 0.0610. The van der Waals surface area contributed by atoms with Gasteiger partial charge >= 0.3 is 0 Å². The Morgan fingerprint density at radius 1 is 0.590 bits per heavy atom. The van der Waals surface area contributed by atoms with Crippen molar-refractivity contribution >= 4 is 77.6 Å². The number of benzene rings is 6. The molecule has 1 aromatic heterocycles. The van der Waals surface area contributed by atoms with E-state index < -0.39 is 16.1 Å². The highest BCUT2D eigenvalue weighted by molar-refractivity contribution is 6.89. The molecule has 310 valence electrons. The van der Waals surface area contributed by atoms with E-state index in [1.54, 1.807) is 0 Å². The van der Waals surface area contributed by atoms with Gasteiger partial charge in [-0.3, -0.25) is 0 Å². The summed E-state index contributed by atoms with van der Waals surface area (Å²) in [5.74, 6) is 1.36. The average Bonchev–Trinajstić information content (AvgIpc) is 3.79. The predicted molar refractivity (Wildman–Crippen MR) is 266 cm³/mol. The van der Waals surface area contributed by atoms with Gasteiger partial charge in [-0.25, -0.2) is 0 Å². The molecule has 2 heterocycles. The zero-order chi connectivity index (χ0) is 43.0. The van der Waals surface area contributed by atoms with Crippen molar-refractivity contribution in [3.8, 4) is 5.75 Å². The molecular formula is C55H60N2O2Si2. The maximum atomic E-state index is 7.10. The lowest BCUT2D eigenvalue weighted by atomic mass is 9.87. The Hall–Kier alpha value is -5.57. The number of hydrogen-bond donors (Lipinski definition) is 0. The molecule has 0 radical (unpaired) electrons. The van der Waals surface area contributed by atoms with Crippen LogP contribution in [0.4, 0.5) is 28.4 Å². The van der Waals surface area contributed by atoms with Crippen LogP contribution in [0.5, 0.6) is 5.75 Å². The van der Waals surface area contributed by atoms with Crippen molar-refractivity contribution in [2.45, 2.75) is 97.4 Å². The third-order valence-corrected chi connectivity index (χ3v) is 16.8. The van der Waals surface area contributed by atoms with Crippen molar-refractivity contribution < 1.29 is 9.15 Å². The highest BCUT2D eigenvalue weighted by Gasteiger charge is 2.41. The van der Waals surface area contributed by atoms with Gasteiger partial charge in [0.25, 0.3) is 0 Å². The Morgan fingerprint density at radius 3 is 1.67 bits per heavy atom. The molecule has 0 fully saturated rings. The van der Waals surface area contributed by atoms with Crippen molar-refractivity contribution in [1.29, 1.82) is 0 Å². The fourth-order valence-corrected chi connectivity index (χ4v) is 11.4. The number of para-hydroxylation sites is 1. The smallest absolute Gasteiger partial charge is 0.150 e. The Labute approximate surface area is 364 Å². The van der Waals surface area contributed by atoms with Crippen molar-refractivity contribution in [3.63, 3.8) is 0 Å². The molecule has 0 amide bonds. The third-order valence-electron chi connectivity index (χ3n) is 12.7. The zero-order valence-electron chi connectivity index (χ0n) is 37.8. The van der Waals surface area contributed by atoms with E-state index in [1.807, 2.05) is 0 Å². The van der Waals surface area contributed by atoms with Gasteiger partial charge in [0, 0.05) is 56.2 Å². The summed E-state index contributed by atoms with van der Waals surface area (Å²) in [7, 11) is -2.99. The van der Waals surface area contributed by atoms with Crippen LogP contribution in [0.3, 0.4) is 0 Å². The van der Waals surface area contributed by atoms with E-state index in [2.05, 4.69) is 229 Å². The Balaban J connectivity index is 1.23. The molecule has 0 N–H and O–H groups in total. The molecule has 0 saturated heterocycles. The molecule has 1 aliphatic heterocycles. The monoisotopic (exact) mass is 836 g/mol. The van der Waals surface area contributed by atoms with E-state index >= 15 is 0 Å². The first-order valence-electron chi connectivity index (χ1n) is 22.0. The molecule has 61 heavy (non-hydrogen) atoms. The molecule has 1 aliphatic carbocycles. The second-order valence-corrected chi connectivity index (χ2v) is 30.6. The molecule has 0 saturated carbocycles. The van der Waals surface area contributed by atoms with E-state index in [4.69, 9.17) is 9.15 Å². The second-order valence-electron chi connectivity index (χ2n) is 20.5. The first-order chi connectivity index (χ1) is 29.0. The number of fused-ring (bicyclic) bond motifs is 6. The van der Waals surface area contributed by atoms with E-state index in [9.17, 15) is 0 Å². The predicted octanol–water partition coefficient (Wildman–Crippen LogP) is 12.4. The summed E-state index contributed by atoms with van der Waals surface area (Å²) in [5, 5.41) is 5.11. The largest absolute Gasteiger partial charge is 0.483 e.